The fourth-order valence-electron chi connectivity index (χ4n) is 5.43. The molecule has 3 heterocycles. The van der Waals surface area contributed by atoms with Gasteiger partial charge in [-0.2, -0.15) is 0 Å². The van der Waals surface area contributed by atoms with Gasteiger partial charge >= 0.3 is 0 Å². The molecular weight excluding hydrogens is 991 g/mol. The molecule has 0 aliphatic rings. The second-order valence-corrected chi connectivity index (χ2v) is 11.5. The number of aryl methyl sites for hydroxylation is 2. The average Bonchev–Trinajstić information content (AvgIpc) is 3.20. The Balaban J connectivity index is 0.000000176. The topological polar surface area (TPSA) is 38.7 Å². The Labute approximate surface area is 334 Å². The van der Waals surface area contributed by atoms with E-state index in [1.807, 2.05) is 140 Å². The van der Waals surface area contributed by atoms with E-state index in [1.165, 1.54) is 33.4 Å². The number of nitrogens with zero attached hydrogens (tertiary/aromatic N) is 3. The van der Waals surface area contributed by atoms with Gasteiger partial charge in [0.25, 0.3) is 0 Å². The molecule has 0 N–H and O–H groups in total. The zero-order chi connectivity index (χ0) is 34.4. The third kappa shape index (κ3) is 10.9. The standard InChI is InChI=1S/2C18H14N.C11H8N.2Ir/c2*1-14-12-18(16-10-6-3-7-11-16)19-13-17(14)15-8-4-2-5-9-15;1-2-6-10(7-3-1)11-8-4-5-9-12-11;;/h2*2-10,12-13H,1H3;1-6,8-9H;;/q3*-1;;. The van der Waals surface area contributed by atoms with Crippen LogP contribution < -0.4 is 0 Å². The van der Waals surface area contributed by atoms with Crippen LogP contribution in [-0.2, 0) is 40.2 Å². The summed E-state index contributed by atoms with van der Waals surface area (Å²) >= 11 is 0. The molecule has 0 fully saturated rings. The van der Waals surface area contributed by atoms with E-state index in [-0.39, 0.29) is 40.2 Å². The number of aromatic nitrogens is 3. The fourth-order valence-corrected chi connectivity index (χ4v) is 5.43. The van der Waals surface area contributed by atoms with Crippen molar-refractivity contribution in [1.82, 2.24) is 15.0 Å². The molecule has 0 saturated heterocycles. The Hall–Kier alpha value is -5.15. The third-order valence-corrected chi connectivity index (χ3v) is 8.01. The predicted molar refractivity (Wildman–Crippen MR) is 206 cm³/mol. The van der Waals surface area contributed by atoms with Crippen LogP contribution in [0.5, 0.6) is 0 Å². The van der Waals surface area contributed by atoms with Gasteiger partial charge in [0, 0.05) is 69.9 Å². The minimum Gasteiger partial charge on any atom is -0.305 e. The SMILES string of the molecule is Cc1cc(-c2[c-]cccc2)ncc1-c1ccccc1.Cc1cc(-c2[c-]cccc2)ncc1-c1ccccc1.[Ir].[Ir].[c-]1ccccc1-c1ccccn1. The predicted octanol–water partition coefficient (Wildman–Crippen LogP) is 11.6. The molecular formula is C47H36Ir2N3-3. The van der Waals surface area contributed by atoms with Crippen LogP contribution in [0.3, 0.4) is 0 Å². The van der Waals surface area contributed by atoms with Crippen molar-refractivity contribution in [3.63, 3.8) is 0 Å². The van der Waals surface area contributed by atoms with Crippen molar-refractivity contribution < 1.29 is 40.2 Å². The summed E-state index contributed by atoms with van der Waals surface area (Å²) in [6, 6.07) is 64.0. The van der Waals surface area contributed by atoms with Gasteiger partial charge in [-0.25, -0.2) is 0 Å². The molecule has 0 saturated carbocycles. The molecule has 0 aliphatic heterocycles. The molecule has 52 heavy (non-hydrogen) atoms. The molecule has 3 nitrogen and oxygen atoms in total. The van der Waals surface area contributed by atoms with E-state index in [2.05, 4.69) is 83.4 Å². The smallest absolute Gasteiger partial charge is 0.0242 e. The van der Waals surface area contributed by atoms with Crippen molar-refractivity contribution >= 4 is 0 Å². The van der Waals surface area contributed by atoms with E-state index >= 15 is 0 Å². The van der Waals surface area contributed by atoms with Crippen LogP contribution >= 0.6 is 0 Å². The number of rotatable bonds is 5. The molecule has 0 aliphatic carbocycles. The number of hydrogen-bond donors (Lipinski definition) is 0. The summed E-state index contributed by atoms with van der Waals surface area (Å²) < 4.78 is 0. The van der Waals surface area contributed by atoms with E-state index in [4.69, 9.17) is 0 Å². The maximum atomic E-state index is 4.55. The van der Waals surface area contributed by atoms with Crippen LogP contribution in [0.15, 0.2) is 182 Å². The Morgan fingerprint density at radius 2 is 0.769 bits per heavy atom. The van der Waals surface area contributed by atoms with Gasteiger partial charge in [-0.1, -0.05) is 84.9 Å². The van der Waals surface area contributed by atoms with Gasteiger partial charge in [0.05, 0.1) is 0 Å². The summed E-state index contributed by atoms with van der Waals surface area (Å²) in [5, 5.41) is 0. The van der Waals surface area contributed by atoms with Gasteiger partial charge in [0.2, 0.25) is 0 Å². The Morgan fingerprint density at radius 3 is 1.12 bits per heavy atom. The molecule has 260 valence electrons. The monoisotopic (exact) mass is 1030 g/mol. The summed E-state index contributed by atoms with van der Waals surface area (Å²) in [7, 11) is 0. The van der Waals surface area contributed by atoms with Crippen LogP contribution in [0.1, 0.15) is 11.1 Å². The van der Waals surface area contributed by atoms with E-state index in [0.717, 1.165) is 33.8 Å². The minimum atomic E-state index is 0. The molecule has 0 atom stereocenters. The second-order valence-electron chi connectivity index (χ2n) is 11.5. The van der Waals surface area contributed by atoms with Crippen molar-refractivity contribution in [3.05, 3.63) is 212 Å². The summed E-state index contributed by atoms with van der Waals surface area (Å²) in [4.78, 5) is 13.3. The quantitative estimate of drug-likeness (QED) is 0.161. The molecule has 0 bridgehead atoms. The van der Waals surface area contributed by atoms with Crippen molar-refractivity contribution in [2.24, 2.45) is 0 Å². The first-order valence-corrected chi connectivity index (χ1v) is 16.5. The largest absolute Gasteiger partial charge is 0.305 e. The van der Waals surface area contributed by atoms with Crippen LogP contribution in [-0.4, -0.2) is 15.0 Å². The summed E-state index contributed by atoms with van der Waals surface area (Å²) in [5.41, 5.74) is 13.2. The maximum absolute atomic E-state index is 4.55. The minimum absolute atomic E-state index is 0. The zero-order valence-corrected chi connectivity index (χ0v) is 33.6. The number of hydrogen-bond acceptors (Lipinski definition) is 3. The van der Waals surface area contributed by atoms with Crippen molar-refractivity contribution in [1.29, 1.82) is 0 Å². The van der Waals surface area contributed by atoms with Crippen molar-refractivity contribution in [2.75, 3.05) is 0 Å². The number of benzene rings is 5. The molecule has 0 spiro atoms. The van der Waals surface area contributed by atoms with Crippen LogP contribution in [0.25, 0.3) is 56.0 Å². The van der Waals surface area contributed by atoms with Gasteiger partial charge in [-0.05, 0) is 59.2 Å². The molecule has 8 rings (SSSR count). The maximum Gasteiger partial charge on any atom is 0.0242 e. The van der Waals surface area contributed by atoms with Crippen molar-refractivity contribution in [2.45, 2.75) is 13.8 Å². The molecule has 5 heteroatoms. The molecule has 3 aromatic heterocycles. The molecule has 0 amide bonds. The van der Waals surface area contributed by atoms with E-state index in [0.29, 0.717) is 0 Å². The zero-order valence-electron chi connectivity index (χ0n) is 28.8. The van der Waals surface area contributed by atoms with Gasteiger partial charge in [-0.15, -0.1) is 108 Å². The first kappa shape index (κ1) is 39.6. The molecule has 8 aromatic rings. The van der Waals surface area contributed by atoms with Crippen LogP contribution in [0, 0.1) is 32.0 Å². The number of pyridine rings is 3. The Kier molecular flexibility index (Phi) is 15.7. The van der Waals surface area contributed by atoms with Gasteiger partial charge in [-0.3, -0.25) is 0 Å². The van der Waals surface area contributed by atoms with Gasteiger partial charge in [0.15, 0.2) is 0 Å². The summed E-state index contributed by atoms with van der Waals surface area (Å²) in [6.07, 6.45) is 5.68. The second kappa shape index (κ2) is 20.6. The fraction of sp³-hybridized carbons (Fsp3) is 0.0426. The van der Waals surface area contributed by atoms with Gasteiger partial charge < -0.3 is 15.0 Å². The first-order valence-electron chi connectivity index (χ1n) is 16.5. The van der Waals surface area contributed by atoms with E-state index < -0.39 is 0 Å². The van der Waals surface area contributed by atoms with Crippen LogP contribution in [0.2, 0.25) is 0 Å². The average molecular weight is 1030 g/mol. The van der Waals surface area contributed by atoms with Gasteiger partial charge in [0.1, 0.15) is 0 Å². The first-order chi connectivity index (χ1) is 24.7. The Morgan fingerprint density at radius 1 is 0.385 bits per heavy atom. The van der Waals surface area contributed by atoms with E-state index in [9.17, 15) is 0 Å². The Bertz CT molecular complexity index is 2040. The third-order valence-electron chi connectivity index (χ3n) is 8.01. The molecule has 0 unspecified atom stereocenters. The van der Waals surface area contributed by atoms with E-state index in [1.54, 1.807) is 6.20 Å². The molecule has 5 aromatic carbocycles. The summed E-state index contributed by atoms with van der Waals surface area (Å²) in [5.74, 6) is 0. The summed E-state index contributed by atoms with van der Waals surface area (Å²) in [6.45, 7) is 4.24. The van der Waals surface area contributed by atoms with Crippen LogP contribution in [0.4, 0.5) is 0 Å². The normalized spacial score (nSPS) is 9.81. The van der Waals surface area contributed by atoms with Crippen molar-refractivity contribution in [3.8, 4) is 56.0 Å². The molecule has 2 radical (unpaired) electrons.